The maximum absolute atomic E-state index is 13.1. The fourth-order valence-electron chi connectivity index (χ4n) is 3.31. The van der Waals surface area contributed by atoms with Crippen molar-refractivity contribution in [2.24, 2.45) is 0 Å². The van der Waals surface area contributed by atoms with Gasteiger partial charge in [0.15, 0.2) is 4.96 Å². The Bertz CT molecular complexity index is 1560. The molecule has 0 spiro atoms. The number of ether oxygens (including phenoxy) is 1. The van der Waals surface area contributed by atoms with Gasteiger partial charge in [0.2, 0.25) is 0 Å². The highest BCUT2D eigenvalue weighted by molar-refractivity contribution is 7.15. The molecule has 0 aliphatic carbocycles. The van der Waals surface area contributed by atoms with Gasteiger partial charge in [-0.1, -0.05) is 64.3 Å². The topological polar surface area (TPSA) is 43.6 Å². The largest absolute Gasteiger partial charge is 0.488 e. The predicted molar refractivity (Wildman–Crippen MR) is 128 cm³/mol. The fraction of sp³-hybridized carbons (Fsp3) is 0.0435. The van der Waals surface area contributed by atoms with Crippen LogP contribution in [0.15, 0.2) is 65.5 Å². The summed E-state index contributed by atoms with van der Waals surface area (Å²) in [7, 11) is 0. The first-order valence-corrected chi connectivity index (χ1v) is 11.2. The first kappa shape index (κ1) is 20.3. The number of nitrogens with zero attached hydrogens (tertiary/aromatic N) is 2. The van der Waals surface area contributed by atoms with Crippen molar-refractivity contribution in [3.63, 3.8) is 0 Å². The molecule has 0 unspecified atom stereocenters. The number of hydrogen-bond acceptors (Lipinski definition) is 4. The van der Waals surface area contributed by atoms with Crippen molar-refractivity contribution >= 4 is 68.2 Å². The van der Waals surface area contributed by atoms with Crippen LogP contribution in [0.1, 0.15) is 11.1 Å². The average Bonchev–Trinajstić information content (AvgIpc) is 3.25. The fourth-order valence-corrected chi connectivity index (χ4v) is 4.93. The van der Waals surface area contributed by atoms with Crippen molar-refractivity contribution < 1.29 is 4.74 Å². The Balaban J connectivity index is 1.56. The summed E-state index contributed by atoms with van der Waals surface area (Å²) in [5.74, 6) is 0.589. The third kappa shape index (κ3) is 3.90. The van der Waals surface area contributed by atoms with Gasteiger partial charge in [0.25, 0.3) is 5.56 Å². The molecule has 0 saturated carbocycles. The van der Waals surface area contributed by atoms with Crippen molar-refractivity contribution in [3.05, 3.63) is 102 Å². The molecule has 0 fully saturated rings. The Morgan fingerprint density at radius 1 is 1.00 bits per heavy atom. The number of hydrogen-bond donors (Lipinski definition) is 0. The Morgan fingerprint density at radius 3 is 2.61 bits per heavy atom. The molecule has 31 heavy (non-hydrogen) atoms. The number of para-hydroxylation sites is 2. The van der Waals surface area contributed by atoms with Crippen molar-refractivity contribution in [1.29, 1.82) is 0 Å². The summed E-state index contributed by atoms with van der Waals surface area (Å²) >= 11 is 19.8. The second-order valence-corrected chi connectivity index (χ2v) is 9.13. The average molecular weight is 488 g/mol. The normalized spacial score (nSPS) is 12.2. The minimum Gasteiger partial charge on any atom is -0.488 e. The third-order valence-electron chi connectivity index (χ3n) is 4.80. The van der Waals surface area contributed by atoms with Gasteiger partial charge < -0.3 is 4.74 Å². The van der Waals surface area contributed by atoms with Gasteiger partial charge in [0.1, 0.15) is 12.4 Å². The van der Waals surface area contributed by atoms with Gasteiger partial charge in [-0.15, -0.1) is 0 Å². The predicted octanol–water partition coefficient (Wildman–Crippen LogP) is 6.00. The maximum atomic E-state index is 13.1. The first-order valence-electron chi connectivity index (χ1n) is 9.27. The van der Waals surface area contributed by atoms with E-state index in [1.54, 1.807) is 40.8 Å². The Hall–Kier alpha value is -2.57. The lowest BCUT2D eigenvalue weighted by Gasteiger charge is -2.11. The summed E-state index contributed by atoms with van der Waals surface area (Å²) in [4.78, 5) is 18.3. The number of halogens is 3. The van der Waals surface area contributed by atoms with Gasteiger partial charge in [0.05, 0.1) is 15.6 Å². The zero-order valence-corrected chi connectivity index (χ0v) is 18.9. The highest BCUT2D eigenvalue weighted by atomic mass is 35.5. The quantitative estimate of drug-likeness (QED) is 0.312. The van der Waals surface area contributed by atoms with Crippen LogP contribution in [0.4, 0.5) is 0 Å². The molecule has 154 valence electrons. The van der Waals surface area contributed by atoms with Crippen molar-refractivity contribution in [2.45, 2.75) is 6.61 Å². The second-order valence-electron chi connectivity index (χ2n) is 6.84. The Labute approximate surface area is 195 Å². The van der Waals surface area contributed by atoms with Gasteiger partial charge in [-0.25, -0.2) is 9.38 Å². The molecular weight excluding hydrogens is 475 g/mol. The van der Waals surface area contributed by atoms with E-state index >= 15 is 0 Å². The highest BCUT2D eigenvalue weighted by Crippen LogP contribution is 2.27. The first-order chi connectivity index (χ1) is 15.0. The lowest BCUT2D eigenvalue weighted by Crippen LogP contribution is -2.22. The van der Waals surface area contributed by atoms with Crippen molar-refractivity contribution in [2.75, 3.05) is 0 Å². The van der Waals surface area contributed by atoms with Crippen LogP contribution >= 0.6 is 46.1 Å². The van der Waals surface area contributed by atoms with Crippen LogP contribution in [0.5, 0.6) is 5.75 Å². The summed E-state index contributed by atoms with van der Waals surface area (Å²) in [5.41, 5.74) is 2.96. The Kier molecular flexibility index (Phi) is 5.36. The molecule has 0 atom stereocenters. The van der Waals surface area contributed by atoms with E-state index in [9.17, 15) is 4.79 Å². The molecule has 2 heterocycles. The van der Waals surface area contributed by atoms with Gasteiger partial charge in [-0.3, -0.25) is 4.79 Å². The van der Waals surface area contributed by atoms with E-state index in [0.29, 0.717) is 35.9 Å². The van der Waals surface area contributed by atoms with Crippen LogP contribution in [-0.2, 0) is 6.61 Å². The van der Waals surface area contributed by atoms with Crippen molar-refractivity contribution in [3.8, 4) is 5.75 Å². The molecule has 0 saturated heterocycles. The molecule has 0 aliphatic heterocycles. The number of rotatable bonds is 4. The number of imidazole rings is 1. The van der Waals surface area contributed by atoms with Crippen LogP contribution in [0.2, 0.25) is 15.1 Å². The van der Waals surface area contributed by atoms with Gasteiger partial charge in [0, 0.05) is 26.2 Å². The lowest BCUT2D eigenvalue weighted by molar-refractivity contribution is 0.305. The van der Waals surface area contributed by atoms with Gasteiger partial charge >= 0.3 is 0 Å². The molecule has 8 heteroatoms. The maximum Gasteiger partial charge on any atom is 0.274 e. The van der Waals surface area contributed by atoms with Crippen LogP contribution in [0.25, 0.3) is 22.1 Å². The van der Waals surface area contributed by atoms with E-state index in [4.69, 9.17) is 39.5 Å². The van der Waals surface area contributed by atoms with E-state index in [2.05, 4.69) is 4.98 Å². The molecule has 0 N–H and O–H groups in total. The highest BCUT2D eigenvalue weighted by Gasteiger charge is 2.12. The lowest BCUT2D eigenvalue weighted by atomic mass is 10.2. The van der Waals surface area contributed by atoms with Crippen molar-refractivity contribution in [1.82, 2.24) is 9.38 Å². The van der Waals surface area contributed by atoms with E-state index < -0.39 is 0 Å². The zero-order valence-electron chi connectivity index (χ0n) is 15.8. The zero-order chi connectivity index (χ0) is 21.5. The van der Waals surface area contributed by atoms with Crippen LogP contribution < -0.4 is 14.8 Å². The van der Waals surface area contributed by atoms with Crippen LogP contribution in [0, 0.1) is 0 Å². The molecule has 5 rings (SSSR count). The number of aromatic nitrogens is 2. The van der Waals surface area contributed by atoms with Gasteiger partial charge in [-0.2, -0.15) is 0 Å². The van der Waals surface area contributed by atoms with E-state index in [0.717, 1.165) is 16.6 Å². The molecule has 0 bridgehead atoms. The summed E-state index contributed by atoms with van der Waals surface area (Å²) in [6.45, 7) is 0.251. The standard InChI is InChI=1S/C23H13Cl3N2O2S/c24-15-7-8-20(30-12-13-5-6-16(25)11-17(13)26)14(9-15)10-21-22(29)28-19-4-2-1-3-18(19)27-23(28)31-21/h1-11H,12H2. The van der Waals surface area contributed by atoms with Crippen LogP contribution in [-0.4, -0.2) is 9.38 Å². The summed E-state index contributed by atoms with van der Waals surface area (Å²) < 4.78 is 8.18. The number of fused-ring (bicyclic) bond motifs is 3. The molecule has 3 aromatic carbocycles. The van der Waals surface area contributed by atoms with E-state index in [1.165, 1.54) is 11.3 Å². The molecule has 2 aromatic heterocycles. The smallest absolute Gasteiger partial charge is 0.274 e. The van der Waals surface area contributed by atoms with E-state index in [1.807, 2.05) is 30.3 Å². The SMILES string of the molecule is O=c1c(=Cc2cc(Cl)ccc2OCc2ccc(Cl)cc2Cl)sc2nc3ccccc3n12. The molecule has 5 aromatic rings. The van der Waals surface area contributed by atoms with E-state index in [-0.39, 0.29) is 12.2 Å². The minimum atomic E-state index is -0.125. The monoisotopic (exact) mass is 486 g/mol. The Morgan fingerprint density at radius 2 is 1.77 bits per heavy atom. The molecule has 0 aliphatic rings. The number of thiazole rings is 1. The summed E-state index contributed by atoms with van der Waals surface area (Å²) in [6, 6.07) is 18.1. The summed E-state index contributed by atoms with van der Waals surface area (Å²) in [5, 5.41) is 1.63. The number of benzene rings is 3. The summed E-state index contributed by atoms with van der Waals surface area (Å²) in [6.07, 6.45) is 1.78. The molecular formula is C23H13Cl3N2O2S. The molecule has 4 nitrogen and oxygen atoms in total. The second kappa shape index (κ2) is 8.17. The van der Waals surface area contributed by atoms with Gasteiger partial charge in [-0.05, 0) is 48.5 Å². The van der Waals surface area contributed by atoms with Crippen LogP contribution in [0.3, 0.4) is 0 Å². The third-order valence-corrected chi connectivity index (χ3v) is 6.59. The molecule has 0 radical (unpaired) electrons. The minimum absolute atomic E-state index is 0.125. The molecule has 0 amide bonds.